The van der Waals surface area contributed by atoms with Crippen molar-refractivity contribution in [3.05, 3.63) is 66.0 Å². The topological polar surface area (TPSA) is 74.1 Å². The molecule has 0 amide bonds. The van der Waals surface area contributed by atoms with Gasteiger partial charge in [0.05, 0.1) is 11.5 Å². The molecule has 0 aliphatic rings. The van der Waals surface area contributed by atoms with Crippen LogP contribution in [0, 0.1) is 6.92 Å². The number of ether oxygens (including phenoxy) is 1. The van der Waals surface area contributed by atoms with E-state index in [9.17, 15) is 8.42 Å². The van der Waals surface area contributed by atoms with E-state index in [1.54, 1.807) is 42.1 Å². The van der Waals surface area contributed by atoms with Crippen LogP contribution in [0.4, 0.5) is 0 Å². The molecular formula is C21H25N3O3S2. The summed E-state index contributed by atoms with van der Waals surface area (Å²) in [5.74, 6) is 1.99. The predicted octanol–water partition coefficient (Wildman–Crippen LogP) is 4.14. The maximum absolute atomic E-state index is 12.6. The third-order valence-electron chi connectivity index (χ3n) is 4.34. The van der Waals surface area contributed by atoms with Gasteiger partial charge < -0.3 is 9.30 Å². The van der Waals surface area contributed by atoms with Crippen LogP contribution in [0.25, 0.3) is 0 Å². The number of hydrogen-bond donors (Lipinski definition) is 0. The summed E-state index contributed by atoms with van der Waals surface area (Å²) in [5.41, 5.74) is 1.21. The second-order valence-electron chi connectivity index (χ2n) is 6.58. The molecule has 0 fully saturated rings. The van der Waals surface area contributed by atoms with Crippen LogP contribution >= 0.6 is 11.8 Å². The average molecular weight is 432 g/mol. The quantitative estimate of drug-likeness (QED) is 0.355. The lowest BCUT2D eigenvalue weighted by Crippen LogP contribution is -2.11. The first-order valence-electron chi connectivity index (χ1n) is 9.52. The molecule has 3 aromatic rings. The predicted molar refractivity (Wildman–Crippen MR) is 115 cm³/mol. The Hall–Kier alpha value is -2.32. The highest BCUT2D eigenvalue weighted by Crippen LogP contribution is 2.21. The van der Waals surface area contributed by atoms with Gasteiger partial charge >= 0.3 is 0 Å². The van der Waals surface area contributed by atoms with Gasteiger partial charge in [0.2, 0.25) is 0 Å². The fourth-order valence-corrected chi connectivity index (χ4v) is 5.00. The van der Waals surface area contributed by atoms with E-state index in [1.807, 2.05) is 42.7 Å². The molecule has 0 unspecified atom stereocenters. The fraction of sp³-hybridized carbons (Fsp3) is 0.333. The molecule has 0 saturated carbocycles. The second kappa shape index (κ2) is 9.93. The summed E-state index contributed by atoms with van der Waals surface area (Å²) in [6.45, 7) is 5.25. The molecule has 0 atom stereocenters. The summed E-state index contributed by atoms with van der Waals surface area (Å²) < 4.78 is 32.9. The van der Waals surface area contributed by atoms with Gasteiger partial charge in [-0.2, -0.15) is 0 Å². The van der Waals surface area contributed by atoms with Crippen LogP contribution < -0.4 is 4.74 Å². The summed E-state index contributed by atoms with van der Waals surface area (Å²) in [7, 11) is -3.45. The Morgan fingerprint density at radius 3 is 2.45 bits per heavy atom. The van der Waals surface area contributed by atoms with E-state index < -0.39 is 9.84 Å². The largest absolute Gasteiger partial charge is 0.494 e. The van der Waals surface area contributed by atoms with Gasteiger partial charge in [0.25, 0.3) is 0 Å². The van der Waals surface area contributed by atoms with E-state index in [4.69, 9.17) is 4.74 Å². The molecule has 29 heavy (non-hydrogen) atoms. The Bertz CT molecular complexity index is 1020. The zero-order valence-corrected chi connectivity index (χ0v) is 18.2. The number of aromatic nitrogens is 3. The molecule has 0 bridgehead atoms. The van der Waals surface area contributed by atoms with Gasteiger partial charge in [-0.15, -0.1) is 10.2 Å². The first-order valence-corrected chi connectivity index (χ1v) is 12.2. The van der Waals surface area contributed by atoms with Crippen LogP contribution in [-0.4, -0.2) is 35.5 Å². The third kappa shape index (κ3) is 5.83. The minimum Gasteiger partial charge on any atom is -0.494 e. The second-order valence-corrected chi connectivity index (χ2v) is 9.63. The van der Waals surface area contributed by atoms with Crippen molar-refractivity contribution in [3.8, 4) is 5.75 Å². The van der Waals surface area contributed by atoms with E-state index >= 15 is 0 Å². The van der Waals surface area contributed by atoms with Crippen molar-refractivity contribution in [2.24, 2.45) is 0 Å². The zero-order valence-electron chi connectivity index (χ0n) is 16.6. The number of hydrogen-bond acceptors (Lipinski definition) is 6. The van der Waals surface area contributed by atoms with Gasteiger partial charge in [-0.3, -0.25) is 0 Å². The Balaban J connectivity index is 1.54. The first kappa shape index (κ1) is 21.4. The molecular weight excluding hydrogens is 406 g/mol. The maximum Gasteiger partial charge on any atom is 0.191 e. The molecule has 0 aliphatic carbocycles. The number of nitrogens with zero attached hydrogens (tertiary/aromatic N) is 3. The average Bonchev–Trinajstić information content (AvgIpc) is 3.10. The highest BCUT2D eigenvalue weighted by molar-refractivity contribution is 7.99. The van der Waals surface area contributed by atoms with Gasteiger partial charge in [-0.1, -0.05) is 47.7 Å². The normalized spacial score (nSPS) is 11.5. The molecule has 0 radical (unpaired) electrons. The van der Waals surface area contributed by atoms with Gasteiger partial charge in [0, 0.05) is 12.3 Å². The molecule has 8 heteroatoms. The molecule has 3 rings (SSSR count). The van der Waals surface area contributed by atoms with Crippen molar-refractivity contribution in [2.75, 3.05) is 12.4 Å². The number of sulfone groups is 1. The smallest absolute Gasteiger partial charge is 0.191 e. The summed E-state index contributed by atoms with van der Waals surface area (Å²) in [6, 6.07) is 16.4. The maximum atomic E-state index is 12.6. The molecule has 0 saturated heterocycles. The minimum atomic E-state index is -3.45. The molecule has 2 aromatic carbocycles. The van der Waals surface area contributed by atoms with Crippen molar-refractivity contribution in [1.29, 1.82) is 0 Å². The van der Waals surface area contributed by atoms with Crippen LogP contribution in [0.1, 0.15) is 24.7 Å². The van der Waals surface area contributed by atoms with Crippen molar-refractivity contribution in [2.45, 2.75) is 42.6 Å². The minimum absolute atomic E-state index is 0.158. The molecule has 0 aliphatic heterocycles. The van der Waals surface area contributed by atoms with E-state index in [2.05, 4.69) is 10.2 Å². The van der Waals surface area contributed by atoms with Crippen molar-refractivity contribution in [3.63, 3.8) is 0 Å². The van der Waals surface area contributed by atoms with E-state index in [1.165, 1.54) is 5.56 Å². The van der Waals surface area contributed by atoms with Gasteiger partial charge in [0.1, 0.15) is 17.3 Å². The lowest BCUT2D eigenvalue weighted by atomic mass is 10.2. The monoisotopic (exact) mass is 431 g/mol. The van der Waals surface area contributed by atoms with E-state index in [-0.39, 0.29) is 5.75 Å². The van der Waals surface area contributed by atoms with E-state index in [0.717, 1.165) is 23.1 Å². The van der Waals surface area contributed by atoms with Crippen LogP contribution in [0.5, 0.6) is 5.75 Å². The highest BCUT2D eigenvalue weighted by Gasteiger charge is 2.20. The molecule has 0 spiro atoms. The van der Waals surface area contributed by atoms with Gasteiger partial charge in [-0.25, -0.2) is 8.42 Å². The van der Waals surface area contributed by atoms with Crippen molar-refractivity contribution < 1.29 is 13.2 Å². The van der Waals surface area contributed by atoms with Crippen LogP contribution in [0.15, 0.2) is 64.6 Å². The lowest BCUT2D eigenvalue weighted by molar-refractivity contribution is 0.318. The number of benzene rings is 2. The Morgan fingerprint density at radius 1 is 1.03 bits per heavy atom. The number of thioether (sulfide) groups is 1. The van der Waals surface area contributed by atoms with Crippen LogP contribution in [0.2, 0.25) is 0 Å². The highest BCUT2D eigenvalue weighted by atomic mass is 32.2. The Kier molecular flexibility index (Phi) is 7.33. The SMILES string of the molecule is CCn1c(CS(=O)(=O)c2ccccc2)nnc1SCCCOc1ccc(C)cc1. The summed E-state index contributed by atoms with van der Waals surface area (Å²) >= 11 is 1.57. The standard InChI is InChI=1S/C21H25N3O3S2/c1-3-24-20(16-29(25,26)19-8-5-4-6-9-19)22-23-21(24)28-15-7-14-27-18-12-10-17(2)11-13-18/h4-6,8-13H,3,7,14-16H2,1-2H3. The summed E-state index contributed by atoms with van der Waals surface area (Å²) in [4.78, 5) is 0.299. The van der Waals surface area contributed by atoms with Crippen molar-refractivity contribution >= 4 is 21.6 Å². The van der Waals surface area contributed by atoms with Crippen LogP contribution in [-0.2, 0) is 22.1 Å². The number of aryl methyl sites for hydroxylation is 1. The third-order valence-corrected chi connectivity index (χ3v) is 7.02. The van der Waals surface area contributed by atoms with Crippen molar-refractivity contribution in [1.82, 2.24) is 14.8 Å². The molecule has 1 aromatic heterocycles. The van der Waals surface area contributed by atoms with E-state index in [0.29, 0.717) is 23.9 Å². The lowest BCUT2D eigenvalue weighted by Gasteiger charge is -2.09. The fourth-order valence-electron chi connectivity index (χ4n) is 2.78. The molecule has 154 valence electrons. The number of rotatable bonds is 10. The Morgan fingerprint density at radius 2 is 1.76 bits per heavy atom. The molecule has 1 heterocycles. The molecule has 6 nitrogen and oxygen atoms in total. The summed E-state index contributed by atoms with van der Waals surface area (Å²) in [6.07, 6.45) is 0.854. The first-order chi connectivity index (χ1) is 14.0. The summed E-state index contributed by atoms with van der Waals surface area (Å²) in [5, 5.41) is 9.07. The zero-order chi connectivity index (χ0) is 20.7. The molecule has 0 N–H and O–H groups in total. The Labute approximate surface area is 176 Å². The van der Waals surface area contributed by atoms with Gasteiger partial charge in [-0.05, 0) is 44.5 Å². The van der Waals surface area contributed by atoms with Crippen LogP contribution in [0.3, 0.4) is 0 Å². The van der Waals surface area contributed by atoms with Gasteiger partial charge in [0.15, 0.2) is 15.0 Å².